The van der Waals surface area contributed by atoms with E-state index >= 15 is 0 Å². The highest BCUT2D eigenvalue weighted by atomic mass is 35.5. The number of aromatic nitrogens is 5. The SMILES string of the molecule is CC1CCCC(C)N1C(=O)c1cccc(CS(=O)(=O)c2ccc(Cl)cc2Cl)n1.CC1CCCCN1C(=O)c1cccc(CS(=O)(=O)c2ccc(Cl)cc2Cl)n1.CCC1CCCCN1C(=O)c1cccc(CS(=O)(=O)c2ccc(Cl)cc2Cl)n1.CCCC1CCCCN1C(=O)c1cccc(CS(=O)(=O)c2cccc(C(F)(F)F)c2)n1.O=C(c1cccc(CS(=O)(=O)c2ccc(Cl)cc2Cl)n1)N1CCCCCCC1. The van der Waals surface area contributed by atoms with Gasteiger partial charge in [-0.15, -0.1) is 0 Å². The molecule has 5 aliphatic heterocycles. The van der Waals surface area contributed by atoms with Crippen molar-refractivity contribution in [3.05, 3.63) is 291 Å². The van der Waals surface area contributed by atoms with Gasteiger partial charge in [-0.3, -0.25) is 24.0 Å². The average Bonchev–Trinajstić information content (AvgIpc) is 0.807. The van der Waals surface area contributed by atoms with Crippen LogP contribution in [0, 0.1) is 0 Å². The van der Waals surface area contributed by atoms with Crippen LogP contribution < -0.4 is 0 Å². The summed E-state index contributed by atoms with van der Waals surface area (Å²) in [5.41, 5.74) is 1.53. The molecule has 5 saturated heterocycles. The van der Waals surface area contributed by atoms with E-state index in [2.05, 4.69) is 38.8 Å². The predicted octanol–water partition coefficient (Wildman–Crippen LogP) is 23.5. The number of hydrogen-bond donors (Lipinski definition) is 0. The highest BCUT2D eigenvalue weighted by molar-refractivity contribution is 7.92. The van der Waals surface area contributed by atoms with Crippen molar-refractivity contribution in [3.63, 3.8) is 0 Å². The molecule has 5 aromatic heterocycles. The van der Waals surface area contributed by atoms with Crippen LogP contribution in [0.15, 0.2) is 213 Å². The summed E-state index contributed by atoms with van der Waals surface area (Å²) in [6.07, 6.45) is 15.6. The number of hydrogen-bond acceptors (Lipinski definition) is 20. The summed E-state index contributed by atoms with van der Waals surface area (Å²) in [7, 11) is -19.0. The van der Waals surface area contributed by atoms with Gasteiger partial charge in [-0.25, -0.2) is 67.0 Å². The molecule has 10 aromatic rings. The van der Waals surface area contributed by atoms with Crippen LogP contribution in [0.3, 0.4) is 0 Å². The number of halogens is 11. The molecule has 15 rings (SSSR count). The third-order valence-electron chi connectivity index (χ3n) is 24.8. The predicted molar refractivity (Wildman–Crippen MR) is 548 cm³/mol. The summed E-state index contributed by atoms with van der Waals surface area (Å²) in [4.78, 5) is 94.7. The maximum atomic E-state index is 13.0. The number of nitrogens with zero attached hydrogens (tertiary/aromatic N) is 10. The lowest BCUT2D eigenvalue weighted by atomic mass is 9.97. The molecule has 0 aliphatic carbocycles. The Balaban J connectivity index is 0.000000170. The fraction of sp³-hybridized carbons (Fsp3) is 0.406. The Bertz CT molecular complexity index is 6790. The largest absolute Gasteiger partial charge is 0.416 e. The molecule has 5 aliphatic rings. The number of sulfone groups is 5. The zero-order chi connectivity index (χ0) is 103. The smallest absolute Gasteiger partial charge is 0.337 e. The lowest BCUT2D eigenvalue weighted by Gasteiger charge is -2.38. The number of likely N-dealkylation sites (tertiary alicyclic amines) is 5. The van der Waals surface area contributed by atoms with Crippen molar-refractivity contribution in [1.29, 1.82) is 0 Å². The second kappa shape index (κ2) is 51.4. The Kier molecular flexibility index (Phi) is 41.0. The van der Waals surface area contributed by atoms with Gasteiger partial charge in [0, 0.05) is 83.0 Å². The molecule has 5 aromatic carbocycles. The van der Waals surface area contributed by atoms with E-state index in [0.717, 1.165) is 140 Å². The van der Waals surface area contributed by atoms with E-state index in [1.807, 2.05) is 35.5 Å². The molecule has 142 heavy (non-hydrogen) atoms. The lowest BCUT2D eigenvalue weighted by Crippen LogP contribution is -2.47. The number of carbonyl (C=O) groups is 5. The van der Waals surface area contributed by atoms with Crippen molar-refractivity contribution >= 4 is 172 Å². The molecule has 0 N–H and O–H groups in total. The Labute approximate surface area is 868 Å². The van der Waals surface area contributed by atoms with Crippen LogP contribution in [-0.2, 0) is 84.1 Å². The van der Waals surface area contributed by atoms with Crippen molar-refractivity contribution in [2.45, 2.75) is 253 Å². The van der Waals surface area contributed by atoms with Crippen LogP contribution in [0.2, 0.25) is 40.2 Å². The zero-order valence-electron chi connectivity index (χ0n) is 78.8. The Hall–Kier alpha value is -8.94. The Morgan fingerprint density at radius 3 is 0.979 bits per heavy atom. The molecule has 0 saturated carbocycles. The number of piperidine rings is 4. The van der Waals surface area contributed by atoms with E-state index in [1.54, 1.807) is 94.7 Å². The molecule has 5 fully saturated rings. The maximum Gasteiger partial charge on any atom is 0.416 e. The second-order valence-corrected chi connectivity index (χ2v) is 48.6. The molecule has 5 amide bonds. The van der Waals surface area contributed by atoms with Gasteiger partial charge in [0.2, 0.25) is 0 Å². The normalized spacial score (nSPS) is 17.7. The number of carbonyl (C=O) groups excluding carboxylic acids is 5. The van der Waals surface area contributed by atoms with Gasteiger partial charge >= 0.3 is 6.18 Å². The second-order valence-electron chi connectivity index (χ2n) is 35.4. The topological polar surface area (TPSA) is 337 Å². The summed E-state index contributed by atoms with van der Waals surface area (Å²) in [5.74, 6) is -2.81. The number of amides is 5. The minimum absolute atomic E-state index is 0.000765. The molecule has 5 unspecified atom stereocenters. The van der Waals surface area contributed by atoms with Gasteiger partial charge in [0.05, 0.1) is 107 Å². The van der Waals surface area contributed by atoms with Gasteiger partial charge in [0.15, 0.2) is 49.2 Å². The first kappa shape index (κ1) is 113. The Morgan fingerprint density at radius 1 is 0.324 bits per heavy atom. The van der Waals surface area contributed by atoms with Crippen LogP contribution in [-0.4, -0.2) is 184 Å². The molecule has 762 valence electrons. The first-order valence-corrected chi connectivity index (χ1v) is 58.0. The monoisotopic (exact) mass is 2200 g/mol. The van der Waals surface area contributed by atoms with Crippen molar-refractivity contribution in [2.24, 2.45) is 0 Å². The number of pyridine rings is 5. The quantitative estimate of drug-likeness (QED) is 0.0574. The van der Waals surface area contributed by atoms with Crippen molar-refractivity contribution in [1.82, 2.24) is 49.4 Å². The number of alkyl halides is 3. The van der Waals surface area contributed by atoms with E-state index in [9.17, 15) is 79.2 Å². The summed E-state index contributed by atoms with van der Waals surface area (Å²) in [6.45, 7) is 13.7. The van der Waals surface area contributed by atoms with E-state index in [4.69, 9.17) is 92.8 Å². The van der Waals surface area contributed by atoms with Crippen LogP contribution >= 0.6 is 92.8 Å². The van der Waals surface area contributed by atoms with Crippen LogP contribution in [0.5, 0.6) is 0 Å². The molecule has 0 bridgehead atoms. The standard InChI is InChI=1S/C22H25F3N2O3S.3C20H22Cl2N2O3S.C19H20Cl2N2O3S/c1-2-7-18-10-3-4-13-27(18)21(28)20-12-6-9-17(26-20)15-31(29,30)19-11-5-8-16(14-19)22(23,24)25;1-13-5-3-6-14(2)24(13)20(25)18-8-4-7-16(23-18)12-28(26,27)19-10-9-15(21)11-17(19)22;1-2-16-7-3-4-11-24(16)20(25)18-8-5-6-15(23-18)13-28(26,27)19-10-9-14(21)12-17(19)22;21-15-9-10-19(17(22)13-15)28(26,27)14-16-7-6-8-18(23-16)20(25)24-11-4-2-1-3-5-12-24;1-13-5-2-3-10-23(13)19(24)17-7-4-6-15(22-17)12-27(25,26)18-9-8-14(20)11-16(18)21/h5-6,8-9,11-12,14,18H,2-4,7,10,13,15H2,1H3;4,7-11,13-14H,3,5-6,12H2,1-2H3;5-6,8-10,12,16H,2-4,7,11,13H2,1H3;6-10,13H,1-5,11-12,14H2;4,6-9,11,13H,2-3,5,10,12H2,1H3. The fourth-order valence-corrected chi connectivity index (χ4v) is 27.2. The van der Waals surface area contributed by atoms with Gasteiger partial charge in [-0.05, 0) is 275 Å². The van der Waals surface area contributed by atoms with E-state index < -0.39 is 71.6 Å². The van der Waals surface area contributed by atoms with E-state index in [-0.39, 0.29) is 157 Å². The van der Waals surface area contributed by atoms with Gasteiger partial charge < -0.3 is 24.5 Å². The van der Waals surface area contributed by atoms with Gasteiger partial charge in [0.25, 0.3) is 29.5 Å². The molecule has 25 nitrogen and oxygen atoms in total. The summed E-state index contributed by atoms with van der Waals surface area (Å²) >= 11 is 47.6. The van der Waals surface area contributed by atoms with E-state index in [0.29, 0.717) is 81.7 Å². The van der Waals surface area contributed by atoms with Crippen molar-refractivity contribution in [3.8, 4) is 0 Å². The fourth-order valence-electron chi connectivity index (χ4n) is 17.5. The van der Waals surface area contributed by atoms with Gasteiger partial charge in [0.1, 0.15) is 28.5 Å². The average molecular weight is 2210 g/mol. The lowest BCUT2D eigenvalue weighted by molar-refractivity contribution is -0.137. The molecular formula is C101H111Cl8F3N10O15S5. The van der Waals surface area contributed by atoms with E-state index in [1.165, 1.54) is 85.3 Å². The van der Waals surface area contributed by atoms with Crippen molar-refractivity contribution in [2.75, 3.05) is 32.7 Å². The van der Waals surface area contributed by atoms with Gasteiger partial charge in [-0.2, -0.15) is 13.2 Å². The Morgan fingerprint density at radius 2 is 0.627 bits per heavy atom. The minimum atomic E-state index is -4.64. The highest BCUT2D eigenvalue weighted by Gasteiger charge is 2.37. The molecule has 5 atom stereocenters. The molecule has 41 heteroatoms. The summed E-state index contributed by atoms with van der Waals surface area (Å²) < 4.78 is 166. The summed E-state index contributed by atoms with van der Waals surface area (Å²) in [6, 6.07) is 45.6. The van der Waals surface area contributed by atoms with Crippen LogP contribution in [0.25, 0.3) is 0 Å². The summed E-state index contributed by atoms with van der Waals surface area (Å²) in [5, 5.41) is 1.72. The van der Waals surface area contributed by atoms with Crippen LogP contribution in [0.4, 0.5) is 13.2 Å². The molecule has 10 heterocycles. The molecule has 0 spiro atoms. The van der Waals surface area contributed by atoms with Crippen LogP contribution in [0.1, 0.15) is 250 Å². The zero-order valence-corrected chi connectivity index (χ0v) is 88.9. The molecular weight excluding hydrogens is 2090 g/mol. The third-order valence-corrected chi connectivity index (χ3v) is 35.9. The number of benzene rings is 5. The number of rotatable bonds is 23. The van der Waals surface area contributed by atoms with Crippen molar-refractivity contribution < 1.29 is 79.2 Å². The highest BCUT2D eigenvalue weighted by Crippen LogP contribution is 2.37. The maximum absolute atomic E-state index is 13.0. The minimum Gasteiger partial charge on any atom is -0.337 e. The van der Waals surface area contributed by atoms with Gasteiger partial charge in [-0.1, -0.05) is 169 Å². The third kappa shape index (κ3) is 31.3. The first-order chi connectivity index (χ1) is 67.3. The molecule has 0 radical (unpaired) electrons. The first-order valence-electron chi connectivity index (χ1n) is 46.7.